The number of carbonyl (C=O) groups excluding carboxylic acids is 1. The third kappa shape index (κ3) is 2.93. The molecular formula is C11H13NO5. The van der Waals surface area contributed by atoms with E-state index < -0.39 is 10.3 Å². The summed E-state index contributed by atoms with van der Waals surface area (Å²) in [6, 6.07) is 4.62. The van der Waals surface area contributed by atoms with Crippen molar-refractivity contribution < 1.29 is 19.5 Å². The molecule has 0 unspecified atom stereocenters. The third-order valence-electron chi connectivity index (χ3n) is 2.17. The van der Waals surface area contributed by atoms with Gasteiger partial charge in [-0.2, -0.15) is 0 Å². The van der Waals surface area contributed by atoms with Crippen molar-refractivity contribution in [2.75, 3.05) is 0 Å². The Hall–Kier alpha value is -2.11. The second-order valence-corrected chi connectivity index (χ2v) is 4.44. The molecule has 0 aliphatic heterocycles. The maximum Gasteiger partial charge on any atom is 0.343 e. The lowest BCUT2D eigenvalue weighted by Crippen LogP contribution is -2.14. The Kier molecular flexibility index (Phi) is 3.67. The maximum atomic E-state index is 11.0. The standard InChI is InChI=1S/C11H13NO5/c1-11(2,3)8-5-4-6-9(17-16-7-13)10(8)12(14)15/h4-7H,1-3H3. The fourth-order valence-corrected chi connectivity index (χ4v) is 1.45. The molecule has 0 amide bonds. The first-order valence-electron chi connectivity index (χ1n) is 4.92. The average molecular weight is 239 g/mol. The highest BCUT2D eigenvalue weighted by Gasteiger charge is 2.29. The molecule has 0 atom stereocenters. The molecule has 0 radical (unpaired) electrons. The molecular weight excluding hydrogens is 226 g/mol. The van der Waals surface area contributed by atoms with E-state index in [9.17, 15) is 14.9 Å². The lowest BCUT2D eigenvalue weighted by Gasteiger charge is -2.19. The minimum absolute atomic E-state index is 0.0630. The van der Waals surface area contributed by atoms with Gasteiger partial charge in [0.2, 0.25) is 0 Å². The zero-order chi connectivity index (χ0) is 13.1. The summed E-state index contributed by atoms with van der Waals surface area (Å²) in [7, 11) is 0. The van der Waals surface area contributed by atoms with Crippen LogP contribution in [0.1, 0.15) is 26.3 Å². The fraction of sp³-hybridized carbons (Fsp3) is 0.364. The molecule has 0 aliphatic carbocycles. The van der Waals surface area contributed by atoms with Gasteiger partial charge in [0.1, 0.15) is 0 Å². The van der Waals surface area contributed by atoms with E-state index in [1.165, 1.54) is 6.07 Å². The molecule has 1 rings (SSSR count). The molecule has 0 fully saturated rings. The van der Waals surface area contributed by atoms with Gasteiger partial charge in [-0.3, -0.25) is 24.7 Å². The van der Waals surface area contributed by atoms with E-state index in [-0.39, 0.29) is 17.9 Å². The van der Waals surface area contributed by atoms with Crippen molar-refractivity contribution in [3.05, 3.63) is 33.9 Å². The minimum Gasteiger partial charge on any atom is -0.280 e. The Balaban J connectivity index is 3.32. The predicted octanol–water partition coefficient (Wildman–Crippen LogP) is 2.36. The van der Waals surface area contributed by atoms with Crippen LogP contribution in [0.5, 0.6) is 5.75 Å². The number of nitro benzene ring substituents is 1. The van der Waals surface area contributed by atoms with Crippen LogP contribution in [0, 0.1) is 10.1 Å². The van der Waals surface area contributed by atoms with Gasteiger partial charge in [-0.15, -0.1) is 0 Å². The number of hydrogen-bond acceptors (Lipinski definition) is 5. The topological polar surface area (TPSA) is 78.7 Å². The summed E-state index contributed by atoms with van der Waals surface area (Å²) in [5.41, 5.74) is -0.0977. The summed E-state index contributed by atoms with van der Waals surface area (Å²) in [6.07, 6.45) is 0. The number of nitro groups is 1. The predicted molar refractivity (Wildman–Crippen MR) is 59.6 cm³/mol. The van der Waals surface area contributed by atoms with Crippen LogP contribution < -0.4 is 4.89 Å². The molecule has 17 heavy (non-hydrogen) atoms. The Morgan fingerprint density at radius 1 is 1.35 bits per heavy atom. The molecule has 0 saturated heterocycles. The Morgan fingerprint density at radius 2 is 2.00 bits per heavy atom. The van der Waals surface area contributed by atoms with E-state index in [1.54, 1.807) is 12.1 Å². The van der Waals surface area contributed by atoms with Crippen LogP contribution in [-0.4, -0.2) is 11.4 Å². The SMILES string of the molecule is CC(C)(C)c1cccc(OOC=O)c1[N+](=O)[O-]. The van der Waals surface area contributed by atoms with Gasteiger partial charge in [-0.25, -0.2) is 0 Å². The highest BCUT2D eigenvalue weighted by molar-refractivity contribution is 5.55. The Bertz CT molecular complexity index is 436. The number of benzene rings is 1. The molecule has 92 valence electrons. The van der Waals surface area contributed by atoms with Crippen molar-refractivity contribution in [3.63, 3.8) is 0 Å². The molecule has 1 aromatic rings. The van der Waals surface area contributed by atoms with Crippen LogP contribution in [0.2, 0.25) is 0 Å². The van der Waals surface area contributed by atoms with E-state index >= 15 is 0 Å². The zero-order valence-corrected chi connectivity index (χ0v) is 9.80. The van der Waals surface area contributed by atoms with Gasteiger partial charge < -0.3 is 0 Å². The number of carbonyl (C=O) groups is 1. The lowest BCUT2D eigenvalue weighted by atomic mass is 9.85. The molecule has 1 aromatic carbocycles. The van der Waals surface area contributed by atoms with Crippen LogP contribution in [0.15, 0.2) is 18.2 Å². The summed E-state index contributed by atoms with van der Waals surface area (Å²) in [6.45, 7) is 5.60. The first-order valence-corrected chi connectivity index (χ1v) is 4.92. The Labute approximate surface area is 98.2 Å². The van der Waals surface area contributed by atoms with Crippen LogP contribution in [0.25, 0.3) is 0 Å². The number of rotatable bonds is 4. The van der Waals surface area contributed by atoms with Crippen molar-refractivity contribution in [2.45, 2.75) is 26.2 Å². The number of para-hydroxylation sites is 1. The molecule has 0 spiro atoms. The van der Waals surface area contributed by atoms with Crippen molar-refractivity contribution >= 4 is 12.2 Å². The van der Waals surface area contributed by atoms with Crippen molar-refractivity contribution in [1.29, 1.82) is 0 Å². The van der Waals surface area contributed by atoms with E-state index in [0.717, 1.165) is 0 Å². The highest BCUT2D eigenvalue weighted by Crippen LogP contribution is 2.37. The van der Waals surface area contributed by atoms with Gasteiger partial charge in [0, 0.05) is 5.56 Å². The number of hydrogen-bond donors (Lipinski definition) is 0. The van der Waals surface area contributed by atoms with Gasteiger partial charge in [-0.05, 0) is 11.5 Å². The second kappa shape index (κ2) is 4.82. The average Bonchev–Trinajstić information content (AvgIpc) is 2.24. The summed E-state index contributed by atoms with van der Waals surface area (Å²) >= 11 is 0. The molecule has 6 heteroatoms. The monoisotopic (exact) mass is 239 g/mol. The highest BCUT2D eigenvalue weighted by atomic mass is 17.2. The maximum absolute atomic E-state index is 11.0. The summed E-state index contributed by atoms with van der Waals surface area (Å²) in [4.78, 5) is 29.2. The van der Waals surface area contributed by atoms with E-state index in [2.05, 4.69) is 9.78 Å². The Morgan fingerprint density at radius 3 is 2.47 bits per heavy atom. The zero-order valence-electron chi connectivity index (χ0n) is 9.80. The quantitative estimate of drug-likeness (QED) is 0.349. The normalized spacial score (nSPS) is 10.8. The minimum atomic E-state index is -0.552. The molecule has 0 heterocycles. The van der Waals surface area contributed by atoms with Crippen LogP contribution in [0.3, 0.4) is 0 Å². The molecule has 6 nitrogen and oxygen atoms in total. The van der Waals surface area contributed by atoms with Gasteiger partial charge in [0.15, 0.2) is 0 Å². The largest absolute Gasteiger partial charge is 0.343 e. The van der Waals surface area contributed by atoms with E-state index in [1.807, 2.05) is 20.8 Å². The van der Waals surface area contributed by atoms with Crippen molar-refractivity contribution in [1.82, 2.24) is 0 Å². The smallest absolute Gasteiger partial charge is 0.280 e. The van der Waals surface area contributed by atoms with E-state index in [0.29, 0.717) is 5.56 Å². The van der Waals surface area contributed by atoms with Gasteiger partial charge in [0.25, 0.3) is 5.75 Å². The molecule has 0 aromatic heterocycles. The molecule has 0 saturated carbocycles. The summed E-state index contributed by atoms with van der Waals surface area (Å²) < 4.78 is 0. The van der Waals surface area contributed by atoms with Crippen LogP contribution in [-0.2, 0) is 15.1 Å². The third-order valence-corrected chi connectivity index (χ3v) is 2.17. The van der Waals surface area contributed by atoms with Gasteiger partial charge in [-0.1, -0.05) is 32.9 Å². The summed E-state index contributed by atoms with van der Waals surface area (Å²) in [5.74, 6) is -0.0884. The lowest BCUT2D eigenvalue weighted by molar-refractivity contribution is -0.388. The molecule has 0 aliphatic rings. The summed E-state index contributed by atoms with van der Waals surface area (Å²) in [5, 5.41) is 11.0. The van der Waals surface area contributed by atoms with Crippen LogP contribution >= 0.6 is 0 Å². The van der Waals surface area contributed by atoms with E-state index in [4.69, 9.17) is 0 Å². The first-order chi connectivity index (χ1) is 7.88. The van der Waals surface area contributed by atoms with Gasteiger partial charge in [0.05, 0.1) is 4.92 Å². The first kappa shape index (κ1) is 13.0. The van der Waals surface area contributed by atoms with Crippen molar-refractivity contribution in [2.24, 2.45) is 0 Å². The van der Waals surface area contributed by atoms with Gasteiger partial charge >= 0.3 is 12.2 Å². The van der Waals surface area contributed by atoms with Crippen LogP contribution in [0.4, 0.5) is 5.69 Å². The molecule has 0 N–H and O–H groups in total. The number of nitrogens with zero attached hydrogens (tertiary/aromatic N) is 1. The second-order valence-electron chi connectivity index (χ2n) is 4.44. The molecule has 0 bridgehead atoms. The van der Waals surface area contributed by atoms with Crippen molar-refractivity contribution in [3.8, 4) is 5.75 Å². The fourth-order valence-electron chi connectivity index (χ4n) is 1.45.